The Morgan fingerprint density at radius 3 is 2.39 bits per heavy atom. The van der Waals surface area contributed by atoms with Crippen LogP contribution in [0.5, 0.6) is 0 Å². The van der Waals surface area contributed by atoms with Gasteiger partial charge in [-0.15, -0.1) is 0 Å². The molecule has 0 saturated heterocycles. The topological polar surface area (TPSA) is 33.7 Å². The summed E-state index contributed by atoms with van der Waals surface area (Å²) in [5.74, 6) is 0. The lowest BCUT2D eigenvalue weighted by atomic mass is 10.2. The summed E-state index contributed by atoms with van der Waals surface area (Å²) in [6, 6.07) is 1.02. The Bertz CT molecular complexity index is 179. The largest absolute Gasteiger partial charge is 0.383 e. The maximum atomic E-state index is 5.24. The normalized spacial score (nSPS) is 15.0. The number of nitrogens with zero attached hydrogens (tertiary/aromatic N) is 1. The fourth-order valence-corrected chi connectivity index (χ4v) is 1.96. The molecule has 4 heteroatoms. The summed E-state index contributed by atoms with van der Waals surface area (Å²) in [6.45, 7) is 11.4. The second-order valence-corrected chi connectivity index (χ2v) is 4.98. The second-order valence-electron chi connectivity index (χ2n) is 4.98. The Morgan fingerprint density at radius 1 is 1.11 bits per heavy atom. The van der Waals surface area contributed by atoms with Crippen LogP contribution in [0.15, 0.2) is 0 Å². The van der Waals surface area contributed by atoms with Gasteiger partial charge in [-0.3, -0.25) is 4.90 Å². The van der Waals surface area contributed by atoms with Crippen molar-refractivity contribution in [2.75, 3.05) is 47.1 Å². The van der Waals surface area contributed by atoms with E-state index in [-0.39, 0.29) is 0 Å². The SMILES string of the molecule is CCCNC(C)CCN(CCOC)C(C)COC. The van der Waals surface area contributed by atoms with Crippen molar-refractivity contribution in [3.63, 3.8) is 0 Å². The molecule has 2 unspecified atom stereocenters. The van der Waals surface area contributed by atoms with Gasteiger partial charge < -0.3 is 14.8 Å². The molecular formula is C14H32N2O2. The third kappa shape index (κ3) is 8.86. The van der Waals surface area contributed by atoms with Crippen molar-refractivity contribution in [3.05, 3.63) is 0 Å². The molecule has 18 heavy (non-hydrogen) atoms. The maximum absolute atomic E-state index is 5.24. The van der Waals surface area contributed by atoms with Crippen molar-refractivity contribution < 1.29 is 9.47 Å². The van der Waals surface area contributed by atoms with Crippen LogP contribution in [0.25, 0.3) is 0 Å². The van der Waals surface area contributed by atoms with E-state index in [4.69, 9.17) is 9.47 Å². The van der Waals surface area contributed by atoms with E-state index in [0.29, 0.717) is 12.1 Å². The van der Waals surface area contributed by atoms with Gasteiger partial charge >= 0.3 is 0 Å². The molecule has 0 fully saturated rings. The molecule has 0 aromatic heterocycles. The first-order valence-electron chi connectivity index (χ1n) is 7.11. The van der Waals surface area contributed by atoms with Crippen LogP contribution in [0.2, 0.25) is 0 Å². The summed E-state index contributed by atoms with van der Waals surface area (Å²) in [6.07, 6.45) is 2.36. The lowest BCUT2D eigenvalue weighted by molar-refractivity contribution is 0.0728. The molecule has 2 atom stereocenters. The van der Waals surface area contributed by atoms with E-state index in [1.165, 1.54) is 6.42 Å². The molecule has 0 heterocycles. The molecule has 0 aliphatic heterocycles. The van der Waals surface area contributed by atoms with Gasteiger partial charge in [0.05, 0.1) is 13.2 Å². The Balaban J connectivity index is 3.98. The smallest absolute Gasteiger partial charge is 0.0615 e. The third-order valence-electron chi connectivity index (χ3n) is 3.21. The standard InChI is InChI=1S/C14H32N2O2/c1-6-8-15-13(2)7-9-16(10-11-17-4)14(3)12-18-5/h13-15H,6-12H2,1-5H3. The maximum Gasteiger partial charge on any atom is 0.0615 e. The van der Waals surface area contributed by atoms with Crippen molar-refractivity contribution >= 4 is 0 Å². The fraction of sp³-hybridized carbons (Fsp3) is 1.00. The van der Waals surface area contributed by atoms with Gasteiger partial charge in [0.1, 0.15) is 0 Å². The van der Waals surface area contributed by atoms with Crippen LogP contribution in [0.1, 0.15) is 33.6 Å². The molecule has 0 aliphatic rings. The minimum absolute atomic E-state index is 0.448. The summed E-state index contributed by atoms with van der Waals surface area (Å²) in [5, 5.41) is 3.53. The predicted octanol–water partition coefficient (Wildman–Crippen LogP) is 1.75. The van der Waals surface area contributed by atoms with Crippen molar-refractivity contribution in [2.45, 2.75) is 45.7 Å². The first-order valence-corrected chi connectivity index (χ1v) is 7.11. The lowest BCUT2D eigenvalue weighted by Gasteiger charge is -2.29. The molecule has 0 spiro atoms. The zero-order chi connectivity index (χ0) is 13.8. The molecule has 4 nitrogen and oxygen atoms in total. The van der Waals surface area contributed by atoms with Gasteiger partial charge in [-0.2, -0.15) is 0 Å². The molecule has 1 N–H and O–H groups in total. The van der Waals surface area contributed by atoms with Crippen LogP contribution in [0.3, 0.4) is 0 Å². The predicted molar refractivity (Wildman–Crippen MR) is 77.2 cm³/mol. The third-order valence-corrected chi connectivity index (χ3v) is 3.21. The Kier molecular flexibility index (Phi) is 11.8. The summed E-state index contributed by atoms with van der Waals surface area (Å²) < 4.78 is 10.4. The number of hydrogen-bond donors (Lipinski definition) is 1. The average molecular weight is 260 g/mol. The minimum Gasteiger partial charge on any atom is -0.383 e. The van der Waals surface area contributed by atoms with E-state index in [9.17, 15) is 0 Å². The first-order chi connectivity index (χ1) is 8.65. The van der Waals surface area contributed by atoms with Gasteiger partial charge in [0, 0.05) is 39.4 Å². The van der Waals surface area contributed by atoms with Gasteiger partial charge in [0.25, 0.3) is 0 Å². The Labute approximate surface area is 113 Å². The van der Waals surface area contributed by atoms with E-state index >= 15 is 0 Å². The Hall–Kier alpha value is -0.160. The highest BCUT2D eigenvalue weighted by molar-refractivity contribution is 4.70. The Morgan fingerprint density at radius 2 is 1.83 bits per heavy atom. The number of rotatable bonds is 12. The molecule has 0 amide bonds. The second kappa shape index (κ2) is 11.9. The van der Waals surface area contributed by atoms with E-state index in [2.05, 4.69) is 31.0 Å². The highest BCUT2D eigenvalue weighted by atomic mass is 16.5. The van der Waals surface area contributed by atoms with Crippen molar-refractivity contribution in [1.29, 1.82) is 0 Å². The summed E-state index contributed by atoms with van der Waals surface area (Å²) in [4.78, 5) is 2.44. The number of methoxy groups -OCH3 is 2. The van der Waals surface area contributed by atoms with Crippen LogP contribution in [0.4, 0.5) is 0 Å². The molecule has 0 rings (SSSR count). The van der Waals surface area contributed by atoms with Crippen LogP contribution < -0.4 is 5.32 Å². The monoisotopic (exact) mass is 260 g/mol. The van der Waals surface area contributed by atoms with Crippen molar-refractivity contribution in [1.82, 2.24) is 10.2 Å². The molecular weight excluding hydrogens is 228 g/mol. The van der Waals surface area contributed by atoms with Crippen molar-refractivity contribution in [3.8, 4) is 0 Å². The van der Waals surface area contributed by atoms with Crippen molar-refractivity contribution in [2.24, 2.45) is 0 Å². The highest BCUT2D eigenvalue weighted by Crippen LogP contribution is 2.03. The average Bonchev–Trinajstić information content (AvgIpc) is 2.36. The van der Waals surface area contributed by atoms with Crippen LogP contribution in [0, 0.1) is 0 Å². The zero-order valence-electron chi connectivity index (χ0n) is 12.9. The van der Waals surface area contributed by atoms with Gasteiger partial charge in [-0.05, 0) is 33.2 Å². The molecule has 0 saturated carbocycles. The number of nitrogens with one attached hydrogen (secondary N) is 1. The minimum atomic E-state index is 0.448. The molecule has 0 bridgehead atoms. The lowest BCUT2D eigenvalue weighted by Crippen LogP contribution is -2.41. The summed E-state index contributed by atoms with van der Waals surface area (Å²) in [5.41, 5.74) is 0. The van der Waals surface area contributed by atoms with Gasteiger partial charge in [-0.1, -0.05) is 6.92 Å². The van der Waals surface area contributed by atoms with E-state index < -0.39 is 0 Å². The fourth-order valence-electron chi connectivity index (χ4n) is 1.96. The van der Waals surface area contributed by atoms with E-state index in [1.54, 1.807) is 14.2 Å². The zero-order valence-corrected chi connectivity index (χ0v) is 12.9. The highest BCUT2D eigenvalue weighted by Gasteiger charge is 2.14. The number of ether oxygens (including phenoxy) is 2. The van der Waals surface area contributed by atoms with Crippen LogP contribution in [-0.2, 0) is 9.47 Å². The molecule has 0 aromatic carbocycles. The molecule has 110 valence electrons. The van der Waals surface area contributed by atoms with Gasteiger partial charge in [0.15, 0.2) is 0 Å². The van der Waals surface area contributed by atoms with Gasteiger partial charge in [-0.25, -0.2) is 0 Å². The van der Waals surface area contributed by atoms with Crippen LogP contribution >= 0.6 is 0 Å². The summed E-state index contributed by atoms with van der Waals surface area (Å²) >= 11 is 0. The van der Waals surface area contributed by atoms with E-state index in [1.807, 2.05) is 0 Å². The number of hydrogen-bond acceptors (Lipinski definition) is 4. The first kappa shape index (κ1) is 17.8. The van der Waals surface area contributed by atoms with Crippen LogP contribution in [-0.4, -0.2) is 64.1 Å². The van der Waals surface area contributed by atoms with E-state index in [0.717, 1.165) is 39.3 Å². The molecule has 0 aromatic rings. The summed E-state index contributed by atoms with van der Waals surface area (Å²) in [7, 11) is 3.51. The molecule has 0 radical (unpaired) electrons. The molecule has 0 aliphatic carbocycles. The quantitative estimate of drug-likeness (QED) is 0.579. The van der Waals surface area contributed by atoms with Gasteiger partial charge in [0.2, 0.25) is 0 Å².